The molecule has 138 valence electrons. The molecular formula is C21H29BrO3. The van der Waals surface area contributed by atoms with Crippen LogP contribution in [0.1, 0.15) is 65.7 Å². The molecule has 0 aromatic heterocycles. The Labute approximate surface area is 158 Å². The molecule has 0 heterocycles. The molecule has 3 fully saturated rings. The molecule has 4 aliphatic carbocycles. The molecule has 7 atom stereocenters. The average Bonchev–Trinajstić information content (AvgIpc) is 2.77. The fourth-order valence-corrected chi connectivity index (χ4v) is 8.41. The summed E-state index contributed by atoms with van der Waals surface area (Å²) in [4.78, 5) is 24.2. The predicted octanol–water partition coefficient (Wildman–Crippen LogP) is 4.21. The first kappa shape index (κ1) is 17.9. The number of ketones is 2. The molecule has 0 aromatic rings. The van der Waals surface area contributed by atoms with E-state index in [0.717, 1.165) is 38.5 Å². The van der Waals surface area contributed by atoms with Gasteiger partial charge in [0.2, 0.25) is 0 Å². The molecule has 3 nitrogen and oxygen atoms in total. The van der Waals surface area contributed by atoms with Gasteiger partial charge in [0.15, 0.2) is 11.6 Å². The average molecular weight is 409 g/mol. The molecule has 0 radical (unpaired) electrons. The van der Waals surface area contributed by atoms with Crippen molar-refractivity contribution in [2.24, 2.45) is 28.6 Å². The van der Waals surface area contributed by atoms with Crippen LogP contribution in [0.4, 0.5) is 0 Å². The summed E-state index contributed by atoms with van der Waals surface area (Å²) in [7, 11) is 0. The highest BCUT2D eigenvalue weighted by Gasteiger charge is 2.68. The van der Waals surface area contributed by atoms with Gasteiger partial charge in [-0.3, -0.25) is 9.59 Å². The van der Waals surface area contributed by atoms with Gasteiger partial charge in [-0.05, 0) is 74.7 Å². The largest absolute Gasteiger partial charge is 0.380 e. The Bertz CT molecular complexity index is 670. The fourth-order valence-electron chi connectivity index (χ4n) is 7.16. The Morgan fingerprint density at radius 2 is 1.92 bits per heavy atom. The van der Waals surface area contributed by atoms with Gasteiger partial charge < -0.3 is 5.11 Å². The first-order chi connectivity index (χ1) is 11.6. The third-order valence-electron chi connectivity index (χ3n) is 8.67. The van der Waals surface area contributed by atoms with Gasteiger partial charge in [0, 0.05) is 11.8 Å². The van der Waals surface area contributed by atoms with Gasteiger partial charge in [0.05, 0.1) is 4.83 Å². The van der Waals surface area contributed by atoms with Crippen LogP contribution in [-0.4, -0.2) is 27.1 Å². The summed E-state index contributed by atoms with van der Waals surface area (Å²) in [5.41, 5.74) is -0.0844. The third-order valence-corrected chi connectivity index (χ3v) is 9.71. The SMILES string of the molecule is CC(=O)C1(O)C(Br)CC2C3CCC4=CC(=O)CCC4(C)C3CCC21C. The number of halogens is 1. The highest BCUT2D eigenvalue weighted by Crippen LogP contribution is 2.68. The Kier molecular flexibility index (Phi) is 3.95. The zero-order chi connectivity index (χ0) is 18.2. The van der Waals surface area contributed by atoms with Crippen LogP contribution >= 0.6 is 15.9 Å². The van der Waals surface area contributed by atoms with Crippen molar-refractivity contribution in [2.75, 3.05) is 0 Å². The van der Waals surface area contributed by atoms with E-state index in [9.17, 15) is 14.7 Å². The molecular weight excluding hydrogens is 380 g/mol. The predicted molar refractivity (Wildman–Crippen MR) is 100 cm³/mol. The molecule has 0 aromatic carbocycles. The standard InChI is InChI=1S/C21H29BrO3/c1-12(23)21(25)18(22)11-17-15-5-4-13-10-14(24)6-8-19(13,2)16(15)7-9-20(17,21)3/h10,15-18,25H,4-9,11H2,1-3H3. The van der Waals surface area contributed by atoms with Gasteiger partial charge >= 0.3 is 0 Å². The molecule has 0 spiro atoms. The topological polar surface area (TPSA) is 54.4 Å². The van der Waals surface area contributed by atoms with Gasteiger partial charge in [0.1, 0.15) is 5.60 Å². The Balaban J connectivity index is 1.72. The van der Waals surface area contributed by atoms with Crippen molar-refractivity contribution < 1.29 is 14.7 Å². The monoisotopic (exact) mass is 408 g/mol. The summed E-state index contributed by atoms with van der Waals surface area (Å²) in [5.74, 6) is 1.69. The number of Topliss-reactive ketones (excluding diaryl/α,β-unsaturated/α-hetero) is 1. The molecule has 0 saturated heterocycles. The number of rotatable bonds is 1. The quantitative estimate of drug-likeness (QED) is 0.660. The Morgan fingerprint density at radius 1 is 1.20 bits per heavy atom. The van der Waals surface area contributed by atoms with Crippen LogP contribution in [0.15, 0.2) is 11.6 Å². The second-order valence-electron chi connectivity index (χ2n) is 9.45. The molecule has 3 saturated carbocycles. The van der Waals surface area contributed by atoms with E-state index in [1.54, 1.807) is 6.92 Å². The highest BCUT2D eigenvalue weighted by atomic mass is 79.9. The van der Waals surface area contributed by atoms with E-state index in [1.165, 1.54) is 5.57 Å². The number of carbonyl (C=O) groups excluding carboxylic acids is 2. The maximum atomic E-state index is 12.4. The first-order valence-corrected chi connectivity index (χ1v) is 10.7. The lowest BCUT2D eigenvalue weighted by Crippen LogP contribution is -2.59. The van der Waals surface area contributed by atoms with Crippen LogP contribution in [0, 0.1) is 28.6 Å². The summed E-state index contributed by atoms with van der Waals surface area (Å²) in [6.07, 6.45) is 8.49. The zero-order valence-corrected chi connectivity index (χ0v) is 17.1. The van der Waals surface area contributed by atoms with E-state index in [4.69, 9.17) is 0 Å². The summed E-state index contributed by atoms with van der Waals surface area (Å²) >= 11 is 3.67. The maximum Gasteiger partial charge on any atom is 0.163 e. The molecule has 25 heavy (non-hydrogen) atoms. The van der Waals surface area contributed by atoms with Crippen LogP contribution in [-0.2, 0) is 9.59 Å². The van der Waals surface area contributed by atoms with Crippen molar-refractivity contribution in [3.05, 3.63) is 11.6 Å². The molecule has 0 bridgehead atoms. The summed E-state index contributed by atoms with van der Waals surface area (Å²) in [5, 5.41) is 11.4. The van der Waals surface area contributed by atoms with Crippen LogP contribution in [0.3, 0.4) is 0 Å². The molecule has 7 unspecified atom stereocenters. The number of hydrogen-bond acceptors (Lipinski definition) is 3. The van der Waals surface area contributed by atoms with Gasteiger partial charge in [-0.15, -0.1) is 0 Å². The fraction of sp³-hybridized carbons (Fsp3) is 0.810. The van der Waals surface area contributed by atoms with Crippen LogP contribution in [0.2, 0.25) is 0 Å². The van der Waals surface area contributed by atoms with E-state index < -0.39 is 5.60 Å². The second-order valence-corrected chi connectivity index (χ2v) is 10.6. The van der Waals surface area contributed by atoms with Gasteiger partial charge in [-0.25, -0.2) is 0 Å². The second kappa shape index (κ2) is 5.51. The van der Waals surface area contributed by atoms with E-state index in [2.05, 4.69) is 29.8 Å². The third kappa shape index (κ3) is 2.13. The lowest BCUT2D eigenvalue weighted by Gasteiger charge is -2.58. The maximum absolute atomic E-state index is 12.4. The van der Waals surface area contributed by atoms with E-state index in [1.807, 2.05) is 6.08 Å². The molecule has 0 aliphatic heterocycles. The molecule has 4 rings (SSSR count). The van der Waals surface area contributed by atoms with Gasteiger partial charge in [-0.1, -0.05) is 35.4 Å². The summed E-state index contributed by atoms with van der Waals surface area (Å²) < 4.78 is 0. The highest BCUT2D eigenvalue weighted by molar-refractivity contribution is 9.09. The van der Waals surface area contributed by atoms with Crippen LogP contribution in [0.25, 0.3) is 0 Å². The van der Waals surface area contributed by atoms with Crippen molar-refractivity contribution in [3.8, 4) is 0 Å². The first-order valence-electron chi connectivity index (χ1n) is 9.76. The van der Waals surface area contributed by atoms with Crippen LogP contribution < -0.4 is 0 Å². The van der Waals surface area contributed by atoms with E-state index >= 15 is 0 Å². The number of carbonyl (C=O) groups is 2. The lowest BCUT2D eigenvalue weighted by atomic mass is 9.46. The van der Waals surface area contributed by atoms with Crippen molar-refractivity contribution >= 4 is 27.5 Å². The summed E-state index contributed by atoms with van der Waals surface area (Å²) in [6, 6.07) is 0. The Morgan fingerprint density at radius 3 is 2.60 bits per heavy atom. The van der Waals surface area contributed by atoms with Crippen molar-refractivity contribution in [2.45, 2.75) is 76.1 Å². The minimum Gasteiger partial charge on any atom is -0.380 e. The normalized spacial score (nSPS) is 52.0. The minimum atomic E-state index is -1.25. The van der Waals surface area contributed by atoms with Crippen molar-refractivity contribution in [3.63, 3.8) is 0 Å². The molecule has 1 N–H and O–H groups in total. The number of fused-ring (bicyclic) bond motifs is 5. The van der Waals surface area contributed by atoms with Gasteiger partial charge in [0.25, 0.3) is 0 Å². The van der Waals surface area contributed by atoms with E-state index in [-0.39, 0.29) is 21.4 Å². The molecule has 4 aliphatic rings. The van der Waals surface area contributed by atoms with Crippen molar-refractivity contribution in [1.29, 1.82) is 0 Å². The zero-order valence-electron chi connectivity index (χ0n) is 15.5. The number of aliphatic hydroxyl groups is 1. The molecule has 4 heteroatoms. The number of hydrogen-bond donors (Lipinski definition) is 1. The number of allylic oxidation sites excluding steroid dienone is 1. The van der Waals surface area contributed by atoms with Gasteiger partial charge in [-0.2, -0.15) is 0 Å². The minimum absolute atomic E-state index is 0.0938. The summed E-state index contributed by atoms with van der Waals surface area (Å²) in [6.45, 7) is 6.06. The number of alkyl halides is 1. The van der Waals surface area contributed by atoms with Crippen molar-refractivity contribution in [1.82, 2.24) is 0 Å². The van der Waals surface area contributed by atoms with E-state index in [0.29, 0.717) is 30.0 Å². The van der Waals surface area contributed by atoms with Crippen LogP contribution in [0.5, 0.6) is 0 Å². The molecule has 0 amide bonds. The Hall–Kier alpha value is -0.480. The lowest BCUT2D eigenvalue weighted by molar-refractivity contribution is -0.159. The smallest absolute Gasteiger partial charge is 0.163 e.